The Morgan fingerprint density at radius 3 is 2.82 bits per heavy atom. The summed E-state index contributed by atoms with van der Waals surface area (Å²) in [5, 5.41) is 12.3. The normalized spacial score (nSPS) is 16.8. The Kier molecular flexibility index (Phi) is 3.84. The molecule has 0 aliphatic heterocycles. The fraction of sp³-hybridized carbons (Fsp3) is 0.462. The summed E-state index contributed by atoms with van der Waals surface area (Å²) in [6, 6.07) is 5.70. The quantitative estimate of drug-likeness (QED) is 0.878. The predicted octanol–water partition coefficient (Wildman–Crippen LogP) is 3.04. The van der Waals surface area contributed by atoms with Crippen molar-refractivity contribution in [1.82, 2.24) is 5.32 Å². The van der Waals surface area contributed by atoms with Crippen LogP contribution in [0, 0.1) is 5.92 Å². The highest BCUT2D eigenvalue weighted by atomic mass is 79.9. The Morgan fingerprint density at radius 2 is 2.29 bits per heavy atom. The highest BCUT2D eigenvalue weighted by molar-refractivity contribution is 9.10. The molecule has 1 aromatic carbocycles. The Labute approximate surface area is 109 Å². The number of hydrogen-bond acceptors (Lipinski definition) is 2. The summed E-state index contributed by atoms with van der Waals surface area (Å²) in [6.45, 7) is 2.98. The van der Waals surface area contributed by atoms with Gasteiger partial charge in [-0.2, -0.15) is 0 Å². The van der Waals surface area contributed by atoms with Crippen LogP contribution in [0.15, 0.2) is 22.7 Å². The average molecular weight is 298 g/mol. The molecule has 1 atom stereocenters. The van der Waals surface area contributed by atoms with Gasteiger partial charge < -0.3 is 10.4 Å². The van der Waals surface area contributed by atoms with Crippen molar-refractivity contribution < 1.29 is 9.90 Å². The number of carbonyl (C=O) groups is 1. The summed E-state index contributed by atoms with van der Waals surface area (Å²) < 4.78 is 0.855. The number of carboxylic acid groups (broad SMARTS) is 1. The topological polar surface area (TPSA) is 49.3 Å². The number of hydrogen-bond donors (Lipinski definition) is 2. The minimum absolute atomic E-state index is 0.316. The lowest BCUT2D eigenvalue weighted by Gasteiger charge is -2.13. The van der Waals surface area contributed by atoms with Crippen LogP contribution in [0.25, 0.3) is 0 Å². The molecular weight excluding hydrogens is 282 g/mol. The fourth-order valence-electron chi connectivity index (χ4n) is 1.86. The van der Waals surface area contributed by atoms with Crippen molar-refractivity contribution in [3.8, 4) is 0 Å². The van der Waals surface area contributed by atoms with Gasteiger partial charge in [0.1, 0.15) is 0 Å². The molecule has 92 valence electrons. The van der Waals surface area contributed by atoms with Gasteiger partial charge in [0.15, 0.2) is 0 Å². The second-order valence-corrected chi connectivity index (χ2v) is 5.47. The molecule has 4 heteroatoms. The third-order valence-corrected chi connectivity index (χ3v) is 3.98. The van der Waals surface area contributed by atoms with Gasteiger partial charge in [0.2, 0.25) is 0 Å². The third kappa shape index (κ3) is 3.30. The summed E-state index contributed by atoms with van der Waals surface area (Å²) >= 11 is 3.41. The van der Waals surface area contributed by atoms with Gasteiger partial charge in [-0.25, -0.2) is 4.79 Å². The minimum atomic E-state index is -0.892. The van der Waals surface area contributed by atoms with E-state index in [9.17, 15) is 4.79 Å². The van der Waals surface area contributed by atoms with E-state index in [0.717, 1.165) is 22.5 Å². The van der Waals surface area contributed by atoms with E-state index in [1.807, 2.05) is 6.07 Å². The molecule has 1 unspecified atom stereocenters. The zero-order chi connectivity index (χ0) is 12.4. The summed E-state index contributed by atoms with van der Waals surface area (Å²) in [6.07, 6.45) is 2.65. The van der Waals surface area contributed by atoms with Crippen molar-refractivity contribution in [3.63, 3.8) is 0 Å². The van der Waals surface area contributed by atoms with Crippen LogP contribution in [0.5, 0.6) is 0 Å². The Bertz CT molecular complexity index is 429. The highest BCUT2D eigenvalue weighted by Crippen LogP contribution is 2.32. The second kappa shape index (κ2) is 5.19. The van der Waals surface area contributed by atoms with Crippen molar-refractivity contribution in [2.45, 2.75) is 32.4 Å². The largest absolute Gasteiger partial charge is 0.478 e. The molecule has 1 fully saturated rings. The molecule has 0 spiro atoms. The lowest BCUT2D eigenvalue weighted by atomic mass is 10.1. The van der Waals surface area contributed by atoms with E-state index < -0.39 is 5.97 Å². The molecule has 1 aromatic rings. The van der Waals surface area contributed by atoms with E-state index in [1.165, 1.54) is 12.8 Å². The van der Waals surface area contributed by atoms with Gasteiger partial charge in [0, 0.05) is 17.1 Å². The van der Waals surface area contributed by atoms with Crippen LogP contribution in [0.2, 0.25) is 0 Å². The van der Waals surface area contributed by atoms with Gasteiger partial charge in [-0.1, -0.05) is 22.0 Å². The zero-order valence-electron chi connectivity index (χ0n) is 9.74. The summed E-state index contributed by atoms with van der Waals surface area (Å²) in [7, 11) is 0. The maximum Gasteiger partial charge on any atom is 0.335 e. The van der Waals surface area contributed by atoms with Gasteiger partial charge in [-0.3, -0.25) is 0 Å². The second-order valence-electron chi connectivity index (χ2n) is 4.62. The van der Waals surface area contributed by atoms with E-state index in [0.29, 0.717) is 11.6 Å². The zero-order valence-corrected chi connectivity index (χ0v) is 11.3. The maximum absolute atomic E-state index is 10.8. The number of nitrogens with one attached hydrogen (secondary N) is 1. The number of halogens is 1. The van der Waals surface area contributed by atoms with E-state index in [4.69, 9.17) is 5.11 Å². The number of rotatable bonds is 5. The molecular formula is C13H16BrNO2. The van der Waals surface area contributed by atoms with Gasteiger partial charge in [-0.15, -0.1) is 0 Å². The molecule has 0 amide bonds. The molecule has 0 bridgehead atoms. The highest BCUT2D eigenvalue weighted by Gasteiger charge is 2.27. The molecule has 1 saturated carbocycles. The van der Waals surface area contributed by atoms with Gasteiger partial charge >= 0.3 is 5.97 Å². The average Bonchev–Trinajstić information content (AvgIpc) is 3.10. The van der Waals surface area contributed by atoms with Gasteiger partial charge in [0.05, 0.1) is 5.56 Å². The predicted molar refractivity (Wildman–Crippen MR) is 70.1 cm³/mol. The molecule has 2 N–H and O–H groups in total. The molecule has 1 aliphatic rings. The van der Waals surface area contributed by atoms with Crippen LogP contribution >= 0.6 is 15.9 Å². The van der Waals surface area contributed by atoms with Gasteiger partial charge in [0.25, 0.3) is 0 Å². The lowest BCUT2D eigenvalue weighted by Crippen LogP contribution is -2.27. The van der Waals surface area contributed by atoms with E-state index in [1.54, 1.807) is 12.1 Å². The maximum atomic E-state index is 10.8. The SMILES string of the molecule is CC(NCc1ccc(C(=O)O)cc1Br)C1CC1. The summed E-state index contributed by atoms with van der Waals surface area (Å²) in [4.78, 5) is 10.8. The van der Waals surface area contributed by atoms with Crippen LogP contribution in [0.3, 0.4) is 0 Å². The molecule has 0 heterocycles. The van der Waals surface area contributed by atoms with E-state index in [-0.39, 0.29) is 0 Å². The van der Waals surface area contributed by atoms with Crippen LogP contribution in [-0.4, -0.2) is 17.1 Å². The van der Waals surface area contributed by atoms with Crippen LogP contribution in [-0.2, 0) is 6.54 Å². The van der Waals surface area contributed by atoms with Crippen molar-refractivity contribution in [1.29, 1.82) is 0 Å². The molecule has 17 heavy (non-hydrogen) atoms. The number of carboxylic acids is 1. The fourth-order valence-corrected chi connectivity index (χ4v) is 2.38. The Hall–Kier alpha value is -0.870. The standard InChI is InChI=1S/C13H16BrNO2/c1-8(9-2-3-9)15-7-11-5-4-10(13(16)17)6-12(11)14/h4-6,8-9,15H,2-3,7H2,1H3,(H,16,17). The first kappa shape index (κ1) is 12.6. The molecule has 2 rings (SSSR count). The van der Waals surface area contributed by atoms with Crippen LogP contribution < -0.4 is 5.32 Å². The van der Waals surface area contributed by atoms with E-state index in [2.05, 4.69) is 28.2 Å². The molecule has 1 aliphatic carbocycles. The van der Waals surface area contributed by atoms with Crippen molar-refractivity contribution >= 4 is 21.9 Å². The summed E-state index contributed by atoms with van der Waals surface area (Å²) in [5.41, 5.74) is 1.42. The van der Waals surface area contributed by atoms with E-state index >= 15 is 0 Å². The van der Waals surface area contributed by atoms with Crippen molar-refractivity contribution in [3.05, 3.63) is 33.8 Å². The van der Waals surface area contributed by atoms with Crippen LogP contribution in [0.4, 0.5) is 0 Å². The first-order chi connectivity index (χ1) is 8.08. The first-order valence-corrected chi connectivity index (χ1v) is 6.62. The molecule has 0 radical (unpaired) electrons. The van der Waals surface area contributed by atoms with Crippen molar-refractivity contribution in [2.24, 2.45) is 5.92 Å². The number of aromatic carboxylic acids is 1. The Morgan fingerprint density at radius 1 is 1.59 bits per heavy atom. The van der Waals surface area contributed by atoms with Gasteiger partial charge in [-0.05, 0) is 43.4 Å². The molecule has 0 saturated heterocycles. The lowest BCUT2D eigenvalue weighted by molar-refractivity contribution is 0.0697. The monoisotopic (exact) mass is 297 g/mol. The van der Waals surface area contributed by atoms with Crippen LogP contribution in [0.1, 0.15) is 35.7 Å². The summed E-state index contributed by atoms with van der Waals surface area (Å²) in [5.74, 6) is -0.0661. The molecule has 0 aromatic heterocycles. The van der Waals surface area contributed by atoms with Crippen molar-refractivity contribution in [2.75, 3.05) is 0 Å². The third-order valence-electron chi connectivity index (χ3n) is 3.24. The Balaban J connectivity index is 1.98. The number of benzene rings is 1. The first-order valence-electron chi connectivity index (χ1n) is 5.83. The minimum Gasteiger partial charge on any atom is -0.478 e. The smallest absolute Gasteiger partial charge is 0.335 e. The molecule has 3 nitrogen and oxygen atoms in total.